The molecule has 3 nitrogen and oxygen atoms in total. The summed E-state index contributed by atoms with van der Waals surface area (Å²) in [5.41, 5.74) is 0.295. The Balaban J connectivity index is 2.42. The monoisotopic (exact) mass is 270 g/mol. The maximum atomic E-state index is 5.77. The van der Waals surface area contributed by atoms with Crippen molar-refractivity contribution in [1.82, 2.24) is 10.2 Å². The van der Waals surface area contributed by atoms with Gasteiger partial charge in [-0.15, -0.1) is 0 Å². The molecule has 1 aliphatic heterocycles. The molecule has 3 heteroatoms. The highest BCUT2D eigenvalue weighted by Gasteiger charge is 2.29. The minimum Gasteiger partial charge on any atom is -0.377 e. The van der Waals surface area contributed by atoms with Crippen molar-refractivity contribution in [2.75, 3.05) is 32.8 Å². The molecule has 0 amide bonds. The lowest BCUT2D eigenvalue weighted by Crippen LogP contribution is -2.48. The predicted molar refractivity (Wildman–Crippen MR) is 82.6 cm³/mol. The number of rotatable bonds is 9. The standard InChI is InChI=1S/C16H34N2O/c1-6-10-17-14(3)16(4,5)13-18(7-2)12-15-9-8-11-19-15/h14-15,17H,6-13H2,1-5H3. The highest BCUT2D eigenvalue weighted by molar-refractivity contribution is 4.84. The van der Waals surface area contributed by atoms with Crippen LogP contribution in [0.15, 0.2) is 0 Å². The van der Waals surface area contributed by atoms with Crippen LogP contribution in [0.2, 0.25) is 0 Å². The summed E-state index contributed by atoms with van der Waals surface area (Å²) in [5.74, 6) is 0. The first-order chi connectivity index (χ1) is 8.99. The highest BCUT2D eigenvalue weighted by atomic mass is 16.5. The Morgan fingerprint density at radius 3 is 2.63 bits per heavy atom. The van der Waals surface area contributed by atoms with Gasteiger partial charge in [0.25, 0.3) is 0 Å². The first-order valence-electron chi connectivity index (χ1n) is 8.07. The fourth-order valence-corrected chi connectivity index (χ4v) is 2.73. The van der Waals surface area contributed by atoms with Crippen LogP contribution in [0, 0.1) is 5.41 Å². The molecule has 2 atom stereocenters. The summed E-state index contributed by atoms with van der Waals surface area (Å²) in [6.45, 7) is 17.0. The average molecular weight is 270 g/mol. The van der Waals surface area contributed by atoms with E-state index in [0.29, 0.717) is 17.6 Å². The van der Waals surface area contributed by atoms with E-state index < -0.39 is 0 Å². The number of nitrogens with zero attached hydrogens (tertiary/aromatic N) is 1. The van der Waals surface area contributed by atoms with Gasteiger partial charge in [0.2, 0.25) is 0 Å². The first kappa shape index (κ1) is 16.9. The van der Waals surface area contributed by atoms with Crippen LogP contribution in [0.25, 0.3) is 0 Å². The molecule has 0 radical (unpaired) electrons. The van der Waals surface area contributed by atoms with Crippen LogP contribution < -0.4 is 5.32 Å². The third kappa shape index (κ3) is 5.80. The molecule has 0 aromatic carbocycles. The molecule has 0 aromatic heterocycles. The first-order valence-corrected chi connectivity index (χ1v) is 8.07. The van der Waals surface area contributed by atoms with Gasteiger partial charge in [0.1, 0.15) is 0 Å². The van der Waals surface area contributed by atoms with Gasteiger partial charge in [-0.3, -0.25) is 0 Å². The number of nitrogens with one attached hydrogen (secondary N) is 1. The SMILES string of the molecule is CCCNC(C)C(C)(C)CN(CC)CC1CCCO1. The zero-order valence-electron chi connectivity index (χ0n) is 13.7. The fraction of sp³-hybridized carbons (Fsp3) is 1.00. The van der Waals surface area contributed by atoms with Crippen LogP contribution >= 0.6 is 0 Å². The molecule has 19 heavy (non-hydrogen) atoms. The Morgan fingerprint density at radius 1 is 1.37 bits per heavy atom. The van der Waals surface area contributed by atoms with Crippen molar-refractivity contribution in [1.29, 1.82) is 0 Å². The van der Waals surface area contributed by atoms with Crippen molar-refractivity contribution in [2.24, 2.45) is 5.41 Å². The molecule has 1 fully saturated rings. The van der Waals surface area contributed by atoms with E-state index in [9.17, 15) is 0 Å². The molecule has 0 bridgehead atoms. The molecule has 0 spiro atoms. The van der Waals surface area contributed by atoms with Crippen LogP contribution in [0.5, 0.6) is 0 Å². The van der Waals surface area contributed by atoms with Crippen LogP contribution in [0.3, 0.4) is 0 Å². The lowest BCUT2D eigenvalue weighted by atomic mass is 9.84. The van der Waals surface area contributed by atoms with Crippen LogP contribution in [-0.4, -0.2) is 49.8 Å². The molecule has 1 rings (SSSR count). The van der Waals surface area contributed by atoms with Gasteiger partial charge < -0.3 is 15.0 Å². The van der Waals surface area contributed by atoms with E-state index >= 15 is 0 Å². The number of hydrogen-bond acceptors (Lipinski definition) is 3. The zero-order valence-corrected chi connectivity index (χ0v) is 13.7. The van der Waals surface area contributed by atoms with Crippen LogP contribution in [-0.2, 0) is 4.74 Å². The lowest BCUT2D eigenvalue weighted by Gasteiger charge is -2.38. The second-order valence-electron chi connectivity index (χ2n) is 6.63. The summed E-state index contributed by atoms with van der Waals surface area (Å²) < 4.78 is 5.77. The molecular weight excluding hydrogens is 236 g/mol. The van der Waals surface area contributed by atoms with E-state index in [-0.39, 0.29) is 0 Å². The van der Waals surface area contributed by atoms with Crippen molar-refractivity contribution in [3.63, 3.8) is 0 Å². The summed E-state index contributed by atoms with van der Waals surface area (Å²) in [6.07, 6.45) is 4.14. The van der Waals surface area contributed by atoms with Gasteiger partial charge in [0, 0.05) is 25.7 Å². The summed E-state index contributed by atoms with van der Waals surface area (Å²) >= 11 is 0. The normalized spacial score (nSPS) is 22.1. The van der Waals surface area contributed by atoms with Gasteiger partial charge in [-0.05, 0) is 44.7 Å². The second-order valence-corrected chi connectivity index (χ2v) is 6.63. The number of likely N-dealkylation sites (N-methyl/N-ethyl adjacent to an activating group) is 1. The van der Waals surface area contributed by atoms with E-state index in [2.05, 4.69) is 44.8 Å². The zero-order chi connectivity index (χ0) is 14.3. The second kappa shape index (κ2) is 8.23. The van der Waals surface area contributed by atoms with Gasteiger partial charge in [-0.25, -0.2) is 0 Å². The Morgan fingerprint density at radius 2 is 2.11 bits per heavy atom. The Labute approximate surface area is 120 Å². The van der Waals surface area contributed by atoms with Gasteiger partial charge >= 0.3 is 0 Å². The van der Waals surface area contributed by atoms with E-state index in [1.54, 1.807) is 0 Å². The fourth-order valence-electron chi connectivity index (χ4n) is 2.73. The molecule has 2 unspecified atom stereocenters. The summed E-state index contributed by atoms with van der Waals surface area (Å²) in [7, 11) is 0. The van der Waals surface area contributed by atoms with Crippen molar-refractivity contribution in [3.05, 3.63) is 0 Å². The predicted octanol–water partition coefficient (Wildman–Crippen LogP) is 2.90. The maximum Gasteiger partial charge on any atom is 0.0702 e. The lowest BCUT2D eigenvalue weighted by molar-refractivity contribution is 0.0555. The third-order valence-electron chi connectivity index (χ3n) is 4.44. The molecule has 1 N–H and O–H groups in total. The van der Waals surface area contributed by atoms with Crippen LogP contribution in [0.1, 0.15) is 53.9 Å². The van der Waals surface area contributed by atoms with Crippen molar-refractivity contribution in [2.45, 2.75) is 66.0 Å². The molecule has 1 heterocycles. The molecule has 0 aromatic rings. The minimum atomic E-state index is 0.295. The Hall–Kier alpha value is -0.120. The summed E-state index contributed by atoms with van der Waals surface area (Å²) in [5, 5.41) is 3.64. The molecule has 114 valence electrons. The molecule has 0 aliphatic carbocycles. The summed E-state index contributed by atoms with van der Waals surface area (Å²) in [6, 6.07) is 0.547. The smallest absolute Gasteiger partial charge is 0.0702 e. The topological polar surface area (TPSA) is 24.5 Å². The maximum absolute atomic E-state index is 5.77. The van der Waals surface area contributed by atoms with E-state index in [0.717, 1.165) is 32.8 Å². The van der Waals surface area contributed by atoms with Crippen molar-refractivity contribution < 1.29 is 4.74 Å². The van der Waals surface area contributed by atoms with Crippen molar-refractivity contribution >= 4 is 0 Å². The Bertz CT molecular complexity index is 237. The number of hydrogen-bond donors (Lipinski definition) is 1. The quantitative estimate of drug-likeness (QED) is 0.697. The molecule has 0 saturated carbocycles. The van der Waals surface area contributed by atoms with Gasteiger partial charge in [0.15, 0.2) is 0 Å². The van der Waals surface area contributed by atoms with Crippen LogP contribution in [0.4, 0.5) is 0 Å². The largest absolute Gasteiger partial charge is 0.377 e. The molecule has 1 saturated heterocycles. The number of ether oxygens (including phenoxy) is 1. The van der Waals surface area contributed by atoms with Gasteiger partial charge in [-0.1, -0.05) is 27.7 Å². The van der Waals surface area contributed by atoms with Gasteiger partial charge in [-0.2, -0.15) is 0 Å². The average Bonchev–Trinajstić information content (AvgIpc) is 2.87. The Kier molecular flexibility index (Phi) is 7.33. The summed E-state index contributed by atoms with van der Waals surface area (Å²) in [4.78, 5) is 2.56. The molecular formula is C16H34N2O. The minimum absolute atomic E-state index is 0.295. The van der Waals surface area contributed by atoms with Crippen molar-refractivity contribution in [3.8, 4) is 0 Å². The van der Waals surface area contributed by atoms with E-state index in [4.69, 9.17) is 4.74 Å². The van der Waals surface area contributed by atoms with E-state index in [1.165, 1.54) is 19.3 Å². The highest BCUT2D eigenvalue weighted by Crippen LogP contribution is 2.23. The van der Waals surface area contributed by atoms with E-state index in [1.807, 2.05) is 0 Å². The third-order valence-corrected chi connectivity index (χ3v) is 4.44. The molecule has 1 aliphatic rings. The van der Waals surface area contributed by atoms with Gasteiger partial charge in [0.05, 0.1) is 6.10 Å².